The molecule has 0 bridgehead atoms. The van der Waals surface area contributed by atoms with Crippen molar-refractivity contribution in [1.29, 1.82) is 0 Å². The molecule has 0 aliphatic carbocycles. The zero-order valence-corrected chi connectivity index (χ0v) is 10.0. The third-order valence-corrected chi connectivity index (χ3v) is 2.89. The van der Waals surface area contributed by atoms with Gasteiger partial charge in [0.25, 0.3) is 0 Å². The van der Waals surface area contributed by atoms with Gasteiger partial charge in [0.05, 0.1) is 26.4 Å². The van der Waals surface area contributed by atoms with Crippen molar-refractivity contribution >= 4 is 16.3 Å². The minimum absolute atomic E-state index is 0.0213. The Morgan fingerprint density at radius 3 is 2.06 bits per heavy atom. The van der Waals surface area contributed by atoms with Crippen molar-refractivity contribution < 1.29 is 33.3 Å². The van der Waals surface area contributed by atoms with Gasteiger partial charge < -0.3 is 20.1 Å². The fraction of sp³-hybridized carbons (Fsp3) is 0.857. The lowest BCUT2D eigenvalue weighted by atomic mass is 10.1. The van der Waals surface area contributed by atoms with Crippen molar-refractivity contribution in [2.45, 2.75) is 12.5 Å². The Kier molecular flexibility index (Phi) is 6.34. The van der Waals surface area contributed by atoms with Gasteiger partial charge in [0.15, 0.2) is 0 Å². The normalized spacial score (nSPS) is 12.2. The molecule has 0 rings (SSSR count). The Bertz CT molecular complexity index is 330. The van der Waals surface area contributed by atoms with Crippen molar-refractivity contribution in [2.75, 3.05) is 26.4 Å². The van der Waals surface area contributed by atoms with Crippen LogP contribution in [0, 0.1) is 0 Å². The molecule has 1 amide bonds. The van der Waals surface area contributed by atoms with Crippen LogP contribution in [-0.4, -0.2) is 61.8 Å². The fourth-order valence-corrected chi connectivity index (χ4v) is 1.92. The number of aliphatic hydroxyl groups is 3. The summed E-state index contributed by atoms with van der Waals surface area (Å²) in [7, 11) is -4.35. The summed E-state index contributed by atoms with van der Waals surface area (Å²) in [4.78, 5) is 10.9. The number of carbonyl (C=O) groups is 1. The monoisotopic (exact) mass is 272 g/mol. The standard InChI is InChI=1S/C7H16N2O7S/c1-2-16-6(13)8-17(14,15)9-7(3-10,4-11)5-12/h9-12H,2-5H2,1H3,(H,8,13). The van der Waals surface area contributed by atoms with Gasteiger partial charge in [-0.3, -0.25) is 0 Å². The molecule has 0 aliphatic heterocycles. The highest BCUT2D eigenvalue weighted by Crippen LogP contribution is 2.03. The first-order valence-corrected chi connectivity index (χ1v) is 6.14. The van der Waals surface area contributed by atoms with Gasteiger partial charge in [-0.25, -0.2) is 9.52 Å². The molecule has 0 aromatic carbocycles. The minimum Gasteiger partial charge on any atom is -0.449 e. The lowest BCUT2D eigenvalue weighted by Crippen LogP contribution is -2.60. The molecule has 0 saturated carbocycles. The van der Waals surface area contributed by atoms with Crippen molar-refractivity contribution in [2.24, 2.45) is 0 Å². The van der Waals surface area contributed by atoms with Crippen molar-refractivity contribution in [3.8, 4) is 0 Å². The number of rotatable bonds is 7. The molecule has 0 aliphatic rings. The lowest BCUT2D eigenvalue weighted by molar-refractivity contribution is 0.0578. The summed E-state index contributed by atoms with van der Waals surface area (Å²) in [5.74, 6) is 0. The van der Waals surface area contributed by atoms with E-state index in [1.165, 1.54) is 11.6 Å². The predicted octanol–water partition coefficient (Wildman–Crippen LogP) is -2.72. The van der Waals surface area contributed by atoms with Gasteiger partial charge >= 0.3 is 16.3 Å². The Morgan fingerprint density at radius 2 is 1.71 bits per heavy atom. The molecule has 10 heteroatoms. The number of aliphatic hydroxyl groups excluding tert-OH is 3. The smallest absolute Gasteiger partial charge is 0.421 e. The maximum absolute atomic E-state index is 11.4. The number of hydrogen-bond acceptors (Lipinski definition) is 7. The van der Waals surface area contributed by atoms with Gasteiger partial charge in [-0.1, -0.05) is 0 Å². The molecular formula is C7H16N2O7S. The molecule has 0 heterocycles. The molecule has 0 saturated heterocycles. The average molecular weight is 272 g/mol. The second-order valence-corrected chi connectivity index (χ2v) is 4.60. The van der Waals surface area contributed by atoms with Gasteiger partial charge in [-0.2, -0.15) is 13.1 Å². The van der Waals surface area contributed by atoms with Crippen molar-refractivity contribution in [3.05, 3.63) is 0 Å². The second-order valence-electron chi connectivity index (χ2n) is 3.18. The van der Waals surface area contributed by atoms with Gasteiger partial charge in [-0.15, -0.1) is 0 Å². The van der Waals surface area contributed by atoms with E-state index in [0.29, 0.717) is 0 Å². The van der Waals surface area contributed by atoms with Gasteiger partial charge in [-0.05, 0) is 6.92 Å². The summed E-state index contributed by atoms with van der Waals surface area (Å²) in [6.07, 6.45) is -1.21. The fourth-order valence-electron chi connectivity index (χ4n) is 0.828. The summed E-state index contributed by atoms with van der Waals surface area (Å²) < 4.78 is 30.3. The molecule has 0 aromatic heterocycles. The third kappa shape index (κ3) is 5.28. The Morgan fingerprint density at radius 1 is 1.24 bits per heavy atom. The maximum atomic E-state index is 11.4. The first-order valence-electron chi connectivity index (χ1n) is 4.65. The number of ether oxygens (including phenoxy) is 1. The van der Waals surface area contributed by atoms with Crippen LogP contribution in [0.5, 0.6) is 0 Å². The molecule has 0 fully saturated rings. The quantitative estimate of drug-likeness (QED) is 0.338. The largest absolute Gasteiger partial charge is 0.449 e. The number of hydrogen-bond donors (Lipinski definition) is 5. The number of amides is 1. The van der Waals surface area contributed by atoms with Crippen LogP contribution in [-0.2, 0) is 14.9 Å². The highest BCUT2D eigenvalue weighted by atomic mass is 32.2. The van der Waals surface area contributed by atoms with Crippen LogP contribution in [0.15, 0.2) is 0 Å². The second kappa shape index (κ2) is 6.71. The SMILES string of the molecule is CCOC(=O)NS(=O)(=O)NC(CO)(CO)CO. The van der Waals surface area contributed by atoms with E-state index in [1.54, 1.807) is 4.72 Å². The van der Waals surface area contributed by atoms with Crippen LogP contribution in [0.4, 0.5) is 4.79 Å². The minimum atomic E-state index is -4.35. The Hall–Kier alpha value is -0.940. The highest BCUT2D eigenvalue weighted by Gasteiger charge is 2.34. The van der Waals surface area contributed by atoms with Crippen molar-refractivity contribution in [3.63, 3.8) is 0 Å². The van der Waals surface area contributed by atoms with E-state index in [0.717, 1.165) is 0 Å². The van der Waals surface area contributed by atoms with Gasteiger partial charge in [0.2, 0.25) is 0 Å². The van der Waals surface area contributed by atoms with E-state index in [2.05, 4.69) is 4.74 Å². The molecule has 102 valence electrons. The van der Waals surface area contributed by atoms with Crippen LogP contribution in [0.2, 0.25) is 0 Å². The highest BCUT2D eigenvalue weighted by molar-refractivity contribution is 7.88. The zero-order chi connectivity index (χ0) is 13.5. The van der Waals surface area contributed by atoms with Crippen molar-refractivity contribution in [1.82, 2.24) is 9.44 Å². The molecule has 0 aromatic rings. The number of nitrogens with one attached hydrogen (secondary N) is 2. The van der Waals surface area contributed by atoms with E-state index >= 15 is 0 Å². The molecule has 0 radical (unpaired) electrons. The van der Waals surface area contributed by atoms with Crippen LogP contribution < -0.4 is 9.44 Å². The summed E-state index contributed by atoms with van der Waals surface area (Å²) in [6, 6.07) is 0. The summed E-state index contributed by atoms with van der Waals surface area (Å²) in [5, 5.41) is 26.7. The predicted molar refractivity (Wildman–Crippen MR) is 56.2 cm³/mol. The molecule has 5 N–H and O–H groups in total. The topological polar surface area (TPSA) is 145 Å². The number of carbonyl (C=O) groups excluding carboxylic acids is 1. The first-order chi connectivity index (χ1) is 7.84. The van der Waals surface area contributed by atoms with E-state index in [-0.39, 0.29) is 6.61 Å². The van der Waals surface area contributed by atoms with Crippen LogP contribution >= 0.6 is 0 Å². The van der Waals surface area contributed by atoms with Crippen LogP contribution in [0.25, 0.3) is 0 Å². The van der Waals surface area contributed by atoms with E-state index < -0.39 is 41.7 Å². The molecule has 17 heavy (non-hydrogen) atoms. The molecular weight excluding hydrogens is 256 g/mol. The summed E-state index contributed by atoms with van der Waals surface area (Å²) >= 11 is 0. The molecule has 0 unspecified atom stereocenters. The Balaban J connectivity index is 4.68. The first kappa shape index (κ1) is 16.1. The lowest BCUT2D eigenvalue weighted by Gasteiger charge is -2.27. The van der Waals surface area contributed by atoms with E-state index in [4.69, 9.17) is 15.3 Å². The summed E-state index contributed by atoms with van der Waals surface area (Å²) in [5.41, 5.74) is -1.85. The van der Waals surface area contributed by atoms with E-state index in [1.807, 2.05) is 0 Å². The van der Waals surface area contributed by atoms with Gasteiger partial charge in [0, 0.05) is 0 Å². The third-order valence-electron chi connectivity index (χ3n) is 1.75. The molecule has 0 atom stereocenters. The molecule has 0 spiro atoms. The summed E-state index contributed by atoms with van der Waals surface area (Å²) in [6.45, 7) is -1.07. The average Bonchev–Trinajstić information content (AvgIpc) is 2.25. The Labute approximate surface area is 98.6 Å². The van der Waals surface area contributed by atoms with Gasteiger partial charge in [0.1, 0.15) is 5.54 Å². The van der Waals surface area contributed by atoms with Crippen LogP contribution in [0.3, 0.4) is 0 Å². The van der Waals surface area contributed by atoms with Crippen LogP contribution in [0.1, 0.15) is 6.92 Å². The van der Waals surface area contributed by atoms with E-state index in [9.17, 15) is 13.2 Å². The molecule has 9 nitrogen and oxygen atoms in total. The zero-order valence-electron chi connectivity index (χ0n) is 9.21. The maximum Gasteiger partial charge on any atom is 0.421 e.